The van der Waals surface area contributed by atoms with Crippen LogP contribution in [0.15, 0.2) is 24.3 Å². The van der Waals surface area contributed by atoms with Gasteiger partial charge in [0.05, 0.1) is 6.10 Å². The van der Waals surface area contributed by atoms with E-state index in [2.05, 4.69) is 57.3 Å². The fourth-order valence-corrected chi connectivity index (χ4v) is 3.06. The van der Waals surface area contributed by atoms with Gasteiger partial charge in [0, 0.05) is 16.5 Å². The zero-order chi connectivity index (χ0) is 15.3. The number of hydrogen-bond donors (Lipinski definition) is 1. The molecule has 1 N–H and O–H groups in total. The third-order valence-electron chi connectivity index (χ3n) is 3.43. The minimum atomic E-state index is 0.307. The lowest BCUT2D eigenvalue weighted by Crippen LogP contribution is -2.26. The zero-order valence-corrected chi connectivity index (χ0v) is 14.6. The molecule has 1 aliphatic rings. The van der Waals surface area contributed by atoms with Gasteiger partial charge in [-0.1, -0.05) is 39.8 Å². The fraction of sp³-hybridized carbons (Fsp3) is 0.667. The van der Waals surface area contributed by atoms with E-state index in [1.807, 2.05) is 11.8 Å². The van der Waals surface area contributed by atoms with Gasteiger partial charge in [-0.3, -0.25) is 0 Å². The topological polar surface area (TPSA) is 21.3 Å². The molecule has 118 valence electrons. The van der Waals surface area contributed by atoms with Crippen molar-refractivity contribution in [2.24, 2.45) is 0 Å². The Kier molecular flexibility index (Phi) is 6.00. The molecule has 0 bridgehead atoms. The summed E-state index contributed by atoms with van der Waals surface area (Å²) in [5, 5.41) is 3.67. The van der Waals surface area contributed by atoms with Crippen LogP contribution in [0, 0.1) is 0 Å². The van der Waals surface area contributed by atoms with E-state index in [9.17, 15) is 0 Å². The molecule has 1 aliphatic carbocycles. The average Bonchev–Trinajstić information content (AvgIpc) is 3.23. The van der Waals surface area contributed by atoms with Gasteiger partial charge in [0.2, 0.25) is 0 Å². The lowest BCUT2D eigenvalue weighted by molar-refractivity contribution is 0.303. The molecule has 0 saturated heterocycles. The van der Waals surface area contributed by atoms with Crippen molar-refractivity contribution in [2.45, 2.75) is 63.9 Å². The van der Waals surface area contributed by atoms with Crippen molar-refractivity contribution in [3.8, 4) is 5.75 Å². The van der Waals surface area contributed by atoms with Crippen molar-refractivity contribution in [1.29, 1.82) is 0 Å². The van der Waals surface area contributed by atoms with Crippen molar-refractivity contribution in [2.75, 3.05) is 12.3 Å². The second kappa shape index (κ2) is 7.55. The molecule has 0 aromatic heterocycles. The summed E-state index contributed by atoms with van der Waals surface area (Å²) in [4.78, 5) is 0. The number of nitrogens with one attached hydrogen (secondary N) is 1. The van der Waals surface area contributed by atoms with Crippen LogP contribution in [-0.4, -0.2) is 23.1 Å². The maximum atomic E-state index is 5.83. The molecule has 1 atom stereocenters. The van der Waals surface area contributed by atoms with Gasteiger partial charge >= 0.3 is 0 Å². The van der Waals surface area contributed by atoms with Gasteiger partial charge in [0.15, 0.2) is 0 Å². The summed E-state index contributed by atoms with van der Waals surface area (Å²) in [6.07, 6.45) is 4.07. The second-order valence-electron chi connectivity index (χ2n) is 6.82. The van der Waals surface area contributed by atoms with Crippen molar-refractivity contribution in [3.63, 3.8) is 0 Å². The van der Waals surface area contributed by atoms with Gasteiger partial charge < -0.3 is 10.1 Å². The first-order chi connectivity index (χ1) is 9.98. The molecule has 0 heterocycles. The highest BCUT2D eigenvalue weighted by molar-refractivity contribution is 8.00. The van der Waals surface area contributed by atoms with E-state index in [-0.39, 0.29) is 0 Å². The Labute approximate surface area is 134 Å². The smallest absolute Gasteiger partial charge is 0.119 e. The van der Waals surface area contributed by atoms with Crippen molar-refractivity contribution >= 4 is 11.8 Å². The van der Waals surface area contributed by atoms with Gasteiger partial charge in [0.1, 0.15) is 5.75 Å². The largest absolute Gasteiger partial charge is 0.490 e. The molecular weight excluding hydrogens is 278 g/mol. The third-order valence-corrected chi connectivity index (χ3v) is 4.80. The van der Waals surface area contributed by atoms with Crippen LogP contribution in [0.4, 0.5) is 0 Å². The summed E-state index contributed by atoms with van der Waals surface area (Å²) in [5.41, 5.74) is 1.36. The standard InChI is InChI=1S/C18H29NOS/c1-5-12-19-17(13-21-18(2,3)4)14-6-8-15(9-7-14)20-16-10-11-16/h6-9,16-17,19H,5,10-13H2,1-4H3. The molecule has 1 saturated carbocycles. The highest BCUT2D eigenvalue weighted by atomic mass is 32.2. The van der Waals surface area contributed by atoms with E-state index in [1.165, 1.54) is 24.8 Å². The Morgan fingerprint density at radius 1 is 1.24 bits per heavy atom. The maximum Gasteiger partial charge on any atom is 0.119 e. The number of thioether (sulfide) groups is 1. The van der Waals surface area contributed by atoms with E-state index in [0.717, 1.165) is 18.0 Å². The lowest BCUT2D eigenvalue weighted by atomic mass is 10.1. The van der Waals surface area contributed by atoms with Gasteiger partial charge in [-0.15, -0.1) is 0 Å². The molecule has 21 heavy (non-hydrogen) atoms. The summed E-state index contributed by atoms with van der Waals surface area (Å²) in [6.45, 7) is 10.1. The summed E-state index contributed by atoms with van der Waals surface area (Å²) >= 11 is 2.02. The van der Waals surface area contributed by atoms with Crippen LogP contribution in [0.2, 0.25) is 0 Å². The van der Waals surface area contributed by atoms with Crippen LogP contribution in [0.1, 0.15) is 58.6 Å². The molecule has 0 amide bonds. The monoisotopic (exact) mass is 307 g/mol. The third kappa shape index (κ3) is 6.31. The lowest BCUT2D eigenvalue weighted by Gasteiger charge is -2.24. The molecule has 1 fully saturated rings. The minimum absolute atomic E-state index is 0.307. The number of hydrogen-bond acceptors (Lipinski definition) is 3. The quantitative estimate of drug-likeness (QED) is 0.745. The van der Waals surface area contributed by atoms with Gasteiger partial charge in [-0.25, -0.2) is 0 Å². The van der Waals surface area contributed by atoms with E-state index in [0.29, 0.717) is 16.9 Å². The summed E-state index contributed by atoms with van der Waals surface area (Å²) in [6, 6.07) is 9.10. The first kappa shape index (κ1) is 16.7. The summed E-state index contributed by atoms with van der Waals surface area (Å²) in [7, 11) is 0. The highest BCUT2D eigenvalue weighted by Gasteiger charge is 2.23. The van der Waals surface area contributed by atoms with Crippen LogP contribution >= 0.6 is 11.8 Å². The SMILES string of the molecule is CCCNC(CSC(C)(C)C)c1ccc(OC2CC2)cc1. The number of rotatable bonds is 8. The predicted octanol–water partition coefficient (Wildman–Crippen LogP) is 4.80. The molecule has 2 rings (SSSR count). The van der Waals surface area contributed by atoms with Gasteiger partial charge in [-0.05, 0) is 43.5 Å². The van der Waals surface area contributed by atoms with E-state index in [4.69, 9.17) is 4.74 Å². The first-order valence-electron chi connectivity index (χ1n) is 8.12. The normalized spacial score (nSPS) is 16.8. The molecule has 0 aliphatic heterocycles. The number of benzene rings is 1. The molecule has 0 spiro atoms. The average molecular weight is 308 g/mol. The predicted molar refractivity (Wildman–Crippen MR) is 93.3 cm³/mol. The van der Waals surface area contributed by atoms with E-state index >= 15 is 0 Å². The zero-order valence-electron chi connectivity index (χ0n) is 13.8. The second-order valence-corrected chi connectivity index (χ2v) is 8.66. The Morgan fingerprint density at radius 3 is 2.43 bits per heavy atom. The van der Waals surface area contributed by atoms with Gasteiger partial charge in [0.25, 0.3) is 0 Å². The highest BCUT2D eigenvalue weighted by Crippen LogP contribution is 2.30. The Balaban J connectivity index is 1.96. The van der Waals surface area contributed by atoms with Crippen molar-refractivity contribution in [1.82, 2.24) is 5.32 Å². The molecular formula is C18H29NOS. The first-order valence-corrected chi connectivity index (χ1v) is 9.10. The van der Waals surface area contributed by atoms with E-state index in [1.54, 1.807) is 0 Å². The molecule has 2 nitrogen and oxygen atoms in total. The Bertz CT molecular complexity index is 420. The molecule has 3 heteroatoms. The van der Waals surface area contributed by atoms with Crippen LogP contribution in [0.3, 0.4) is 0 Å². The van der Waals surface area contributed by atoms with Crippen LogP contribution < -0.4 is 10.1 Å². The molecule has 1 aromatic rings. The van der Waals surface area contributed by atoms with Crippen molar-refractivity contribution in [3.05, 3.63) is 29.8 Å². The Morgan fingerprint density at radius 2 is 1.90 bits per heavy atom. The number of ether oxygens (including phenoxy) is 1. The maximum absolute atomic E-state index is 5.83. The van der Waals surface area contributed by atoms with Crippen LogP contribution in [0.25, 0.3) is 0 Å². The van der Waals surface area contributed by atoms with E-state index < -0.39 is 0 Å². The van der Waals surface area contributed by atoms with Crippen molar-refractivity contribution < 1.29 is 4.74 Å². The minimum Gasteiger partial charge on any atom is -0.490 e. The fourth-order valence-electron chi connectivity index (χ4n) is 2.08. The molecule has 1 aromatic carbocycles. The van der Waals surface area contributed by atoms with Gasteiger partial charge in [-0.2, -0.15) is 11.8 Å². The summed E-state index contributed by atoms with van der Waals surface area (Å²) < 4.78 is 6.14. The van der Waals surface area contributed by atoms with Crippen LogP contribution in [-0.2, 0) is 0 Å². The molecule has 1 unspecified atom stereocenters. The molecule has 0 radical (unpaired) electrons. The van der Waals surface area contributed by atoms with Crippen LogP contribution in [0.5, 0.6) is 5.75 Å². The summed E-state index contributed by atoms with van der Waals surface area (Å²) in [5.74, 6) is 2.12. The Hall–Kier alpha value is -0.670.